The molecule has 0 saturated heterocycles. The van der Waals surface area contributed by atoms with E-state index < -0.39 is 23.3 Å². The summed E-state index contributed by atoms with van der Waals surface area (Å²) in [6, 6.07) is 7.39. The first-order valence-corrected chi connectivity index (χ1v) is 5.34. The van der Waals surface area contributed by atoms with Crippen LogP contribution >= 0.6 is 11.6 Å². The first-order chi connectivity index (χ1) is 8.16. The molecule has 0 bridgehead atoms. The maximum absolute atomic E-state index is 13.1. The molecule has 0 fully saturated rings. The third-order valence-electron chi connectivity index (χ3n) is 2.29. The summed E-state index contributed by atoms with van der Waals surface area (Å²) >= 11 is 4.59. The van der Waals surface area contributed by atoms with Gasteiger partial charge in [0.25, 0.3) is 5.91 Å². The molecule has 0 saturated carbocycles. The molecule has 0 aromatic heterocycles. The van der Waals surface area contributed by atoms with Crippen molar-refractivity contribution in [3.63, 3.8) is 0 Å². The van der Waals surface area contributed by atoms with Gasteiger partial charge in [-0.3, -0.25) is 4.79 Å². The molecule has 0 aliphatic heterocycles. The van der Waals surface area contributed by atoms with Crippen molar-refractivity contribution in [2.45, 2.75) is 24.3 Å². The number of carbonyl (C=O) groups excluding carboxylic acids is 1. The summed E-state index contributed by atoms with van der Waals surface area (Å²) in [5.74, 6) is -1.92. The summed E-state index contributed by atoms with van der Waals surface area (Å²) in [4.78, 5) is 11.2. The number of hydrogen-bond donors (Lipinski definition) is 1. The smallest absolute Gasteiger partial charge is 0.345 e. The van der Waals surface area contributed by atoms with Crippen molar-refractivity contribution >= 4 is 17.5 Å². The molecule has 1 N–H and O–H groups in total. The van der Waals surface area contributed by atoms with Gasteiger partial charge >= 0.3 is 11.3 Å². The molecular weight excluding hydrogens is 274 g/mol. The first kappa shape index (κ1) is 14.8. The second-order valence-electron chi connectivity index (χ2n) is 3.68. The number of alkyl halides is 5. The van der Waals surface area contributed by atoms with Gasteiger partial charge in [0.05, 0.1) is 6.04 Å². The number of amides is 1. The Kier molecular flexibility index (Phi) is 4.21. The highest BCUT2D eigenvalue weighted by Gasteiger charge is 2.61. The van der Waals surface area contributed by atoms with Crippen molar-refractivity contribution in [2.24, 2.45) is 0 Å². The largest absolute Gasteiger partial charge is 0.446 e. The highest BCUT2D eigenvalue weighted by molar-refractivity contribution is 6.34. The van der Waals surface area contributed by atoms with Crippen LogP contribution in [0.4, 0.5) is 17.6 Å². The van der Waals surface area contributed by atoms with Gasteiger partial charge in [0.2, 0.25) is 0 Å². The van der Waals surface area contributed by atoms with Gasteiger partial charge in [0, 0.05) is 0 Å². The van der Waals surface area contributed by atoms with E-state index in [9.17, 15) is 22.4 Å². The highest BCUT2D eigenvalue weighted by Crippen LogP contribution is 2.38. The van der Waals surface area contributed by atoms with Crippen LogP contribution in [0.5, 0.6) is 0 Å². The van der Waals surface area contributed by atoms with E-state index in [0.717, 1.165) is 0 Å². The van der Waals surface area contributed by atoms with E-state index in [2.05, 4.69) is 11.6 Å². The monoisotopic (exact) mass is 283 g/mol. The molecule has 0 aliphatic rings. The van der Waals surface area contributed by atoms with E-state index in [0.29, 0.717) is 5.56 Å². The van der Waals surface area contributed by atoms with Crippen molar-refractivity contribution in [3.05, 3.63) is 35.9 Å². The molecule has 0 radical (unpaired) electrons. The summed E-state index contributed by atoms with van der Waals surface area (Å²) in [5, 5.41) is -2.54. The summed E-state index contributed by atoms with van der Waals surface area (Å²) in [6.07, 6.45) is -5.46. The Hall–Kier alpha value is -1.30. The van der Waals surface area contributed by atoms with Gasteiger partial charge in [-0.1, -0.05) is 41.9 Å². The van der Waals surface area contributed by atoms with Crippen LogP contribution in [0.1, 0.15) is 18.5 Å². The number of carbonyl (C=O) groups is 1. The third kappa shape index (κ3) is 3.13. The molecular formula is C11H10ClF4NO. The Morgan fingerprint density at radius 2 is 1.72 bits per heavy atom. The van der Waals surface area contributed by atoms with Crippen LogP contribution in [0, 0.1) is 0 Å². The van der Waals surface area contributed by atoms with Crippen molar-refractivity contribution in [3.8, 4) is 0 Å². The van der Waals surface area contributed by atoms with Crippen molar-refractivity contribution in [1.29, 1.82) is 0 Å². The fourth-order valence-corrected chi connectivity index (χ4v) is 1.30. The van der Waals surface area contributed by atoms with Crippen LogP contribution in [-0.2, 0) is 4.79 Å². The Morgan fingerprint density at radius 1 is 1.22 bits per heavy atom. The minimum absolute atomic E-state index is 0.542. The second kappa shape index (κ2) is 5.14. The lowest BCUT2D eigenvalue weighted by molar-refractivity contribution is -0.201. The van der Waals surface area contributed by atoms with Crippen LogP contribution in [-0.4, -0.2) is 17.2 Å². The lowest BCUT2D eigenvalue weighted by Gasteiger charge is -2.23. The summed E-state index contributed by atoms with van der Waals surface area (Å²) < 4.78 is 49.6. The first-order valence-electron chi connectivity index (χ1n) is 4.96. The fourth-order valence-electron chi connectivity index (χ4n) is 1.24. The number of halogens is 5. The van der Waals surface area contributed by atoms with E-state index in [-0.39, 0.29) is 0 Å². The van der Waals surface area contributed by atoms with Gasteiger partial charge in [0.1, 0.15) is 0 Å². The predicted octanol–water partition coefficient (Wildman–Crippen LogP) is 3.33. The van der Waals surface area contributed by atoms with E-state index in [4.69, 9.17) is 0 Å². The minimum atomic E-state index is -5.46. The Balaban J connectivity index is 2.78. The van der Waals surface area contributed by atoms with Crippen LogP contribution in [0.3, 0.4) is 0 Å². The van der Waals surface area contributed by atoms with Gasteiger partial charge in [0.15, 0.2) is 0 Å². The van der Waals surface area contributed by atoms with Crippen LogP contribution in [0.25, 0.3) is 0 Å². The number of benzene rings is 1. The van der Waals surface area contributed by atoms with Gasteiger partial charge in [-0.2, -0.15) is 13.2 Å². The topological polar surface area (TPSA) is 29.1 Å². The lowest BCUT2D eigenvalue weighted by Crippen LogP contribution is -2.50. The van der Waals surface area contributed by atoms with Gasteiger partial charge < -0.3 is 5.32 Å². The minimum Gasteiger partial charge on any atom is -0.345 e. The molecule has 2 unspecified atom stereocenters. The molecule has 0 heterocycles. The van der Waals surface area contributed by atoms with Gasteiger partial charge in [-0.15, -0.1) is 0 Å². The second-order valence-corrected chi connectivity index (χ2v) is 4.20. The standard InChI is InChI=1S/C11H10ClF4NO/c1-7(8-5-3-2-4-6-8)17-9(18)10(12,13)11(14,15)16/h2-7H,1H3,(H,17,18). The molecule has 100 valence electrons. The Bertz CT molecular complexity index is 419. The number of hydrogen-bond acceptors (Lipinski definition) is 1. The molecule has 7 heteroatoms. The number of rotatable bonds is 3. The average molecular weight is 284 g/mol. The zero-order valence-electron chi connectivity index (χ0n) is 9.26. The molecule has 1 rings (SSSR count). The van der Waals surface area contributed by atoms with E-state index >= 15 is 0 Å². The third-order valence-corrected chi connectivity index (χ3v) is 2.67. The molecule has 0 aliphatic carbocycles. The zero-order chi connectivity index (χ0) is 14.0. The Labute approximate surface area is 106 Å². The SMILES string of the molecule is CC(NC(=O)C(F)(Cl)C(F)(F)F)c1ccccc1. The molecule has 1 amide bonds. The predicted molar refractivity (Wildman–Crippen MR) is 58.7 cm³/mol. The van der Waals surface area contributed by atoms with Crippen LogP contribution < -0.4 is 5.32 Å². The normalized spacial score (nSPS) is 16.8. The maximum atomic E-state index is 13.1. The molecule has 1 aromatic rings. The summed E-state index contributed by atoms with van der Waals surface area (Å²) in [5.41, 5.74) is 0.542. The van der Waals surface area contributed by atoms with Crippen molar-refractivity contribution in [1.82, 2.24) is 5.32 Å². The lowest BCUT2D eigenvalue weighted by atomic mass is 10.1. The maximum Gasteiger partial charge on any atom is 0.446 e. The van der Waals surface area contributed by atoms with Crippen LogP contribution in [0.15, 0.2) is 30.3 Å². The molecule has 0 spiro atoms. The molecule has 18 heavy (non-hydrogen) atoms. The summed E-state index contributed by atoms with van der Waals surface area (Å²) in [7, 11) is 0. The highest BCUT2D eigenvalue weighted by atomic mass is 35.5. The van der Waals surface area contributed by atoms with Gasteiger partial charge in [-0.05, 0) is 12.5 Å². The fraction of sp³-hybridized carbons (Fsp3) is 0.364. The Morgan fingerprint density at radius 3 is 2.17 bits per heavy atom. The summed E-state index contributed by atoms with van der Waals surface area (Å²) in [6.45, 7) is 1.43. The molecule has 1 aromatic carbocycles. The zero-order valence-corrected chi connectivity index (χ0v) is 10.0. The quantitative estimate of drug-likeness (QED) is 0.669. The van der Waals surface area contributed by atoms with Gasteiger partial charge in [-0.25, -0.2) is 4.39 Å². The van der Waals surface area contributed by atoms with E-state index in [1.54, 1.807) is 30.3 Å². The van der Waals surface area contributed by atoms with E-state index in [1.807, 2.05) is 5.32 Å². The van der Waals surface area contributed by atoms with Crippen molar-refractivity contribution < 1.29 is 22.4 Å². The van der Waals surface area contributed by atoms with Crippen molar-refractivity contribution in [2.75, 3.05) is 0 Å². The number of nitrogens with one attached hydrogen (secondary N) is 1. The molecule has 2 nitrogen and oxygen atoms in total. The average Bonchev–Trinajstić information content (AvgIpc) is 2.28. The van der Waals surface area contributed by atoms with E-state index in [1.165, 1.54) is 6.92 Å². The molecule has 2 atom stereocenters. The van der Waals surface area contributed by atoms with Crippen LogP contribution in [0.2, 0.25) is 0 Å².